The molecule has 0 bridgehead atoms. The van der Waals surface area contributed by atoms with E-state index in [1.807, 2.05) is 0 Å². The van der Waals surface area contributed by atoms with E-state index in [4.69, 9.17) is 0 Å². The van der Waals surface area contributed by atoms with Crippen LogP contribution in [0.1, 0.15) is 0 Å². The second-order valence-electron chi connectivity index (χ2n) is 11.3. The summed E-state index contributed by atoms with van der Waals surface area (Å²) < 4.78 is 69.4. The highest BCUT2D eigenvalue weighted by Gasteiger charge is 2.21. The van der Waals surface area contributed by atoms with Gasteiger partial charge in [0.25, 0.3) is 20.2 Å². The van der Waals surface area contributed by atoms with Crippen molar-refractivity contribution in [3.8, 4) is 21.1 Å². The minimum Gasteiger partial charge on any atom is -0.308 e. The molecule has 2 amide bonds. The van der Waals surface area contributed by atoms with Gasteiger partial charge in [-0.3, -0.25) is 9.11 Å². The molecule has 0 radical (unpaired) electrons. The summed E-state index contributed by atoms with van der Waals surface area (Å²) in [7, 11) is -8.91. The molecule has 0 fully saturated rings. The number of anilines is 2. The van der Waals surface area contributed by atoms with Crippen LogP contribution < -0.4 is 10.6 Å². The molecule has 0 aliphatic carbocycles. The van der Waals surface area contributed by atoms with Crippen LogP contribution in [0.15, 0.2) is 119 Å². The Kier molecular flexibility index (Phi) is 7.63. The molecule has 0 saturated carbocycles. The van der Waals surface area contributed by atoms with E-state index in [1.165, 1.54) is 34.8 Å². The van der Waals surface area contributed by atoms with Crippen molar-refractivity contribution in [2.45, 2.75) is 9.79 Å². The Hall–Kier alpha value is -5.29. The first-order chi connectivity index (χ1) is 23.9. The fourth-order valence-corrected chi connectivity index (χ4v) is 9.41. The number of nitrogens with one attached hydrogen (secondary N) is 2. The second-order valence-corrected chi connectivity index (χ2v) is 16.0. The fraction of sp³-hybridized carbons (Fsp3) is 0. The van der Waals surface area contributed by atoms with Crippen molar-refractivity contribution in [1.29, 1.82) is 0 Å². The third-order valence-electron chi connectivity index (χ3n) is 8.05. The zero-order chi connectivity index (χ0) is 34.8. The smallest absolute Gasteiger partial charge is 0.308 e. The predicted octanol–water partition coefficient (Wildman–Crippen LogP) is 8.68. The monoisotopic (exact) mass is 738 g/mol. The molecule has 15 heteroatoms. The van der Waals surface area contributed by atoms with E-state index in [9.17, 15) is 30.7 Å². The van der Waals surface area contributed by atoms with Crippen LogP contribution in [0.2, 0.25) is 0 Å². The molecular formula is C35H22N4O7S4. The Morgan fingerprint density at radius 2 is 0.900 bits per heavy atom. The first-order valence-electron chi connectivity index (χ1n) is 14.8. The predicted molar refractivity (Wildman–Crippen MR) is 197 cm³/mol. The Bertz CT molecular complexity index is 2690. The maximum Gasteiger partial charge on any atom is 0.323 e. The van der Waals surface area contributed by atoms with Crippen molar-refractivity contribution in [1.82, 2.24) is 9.97 Å². The quantitative estimate of drug-likeness (QED) is 0.122. The van der Waals surface area contributed by atoms with E-state index in [2.05, 4.69) is 20.6 Å². The van der Waals surface area contributed by atoms with Crippen LogP contribution in [0.25, 0.3) is 63.1 Å². The van der Waals surface area contributed by atoms with Crippen LogP contribution in [-0.2, 0) is 20.2 Å². The van der Waals surface area contributed by atoms with Gasteiger partial charge < -0.3 is 10.6 Å². The first-order valence-corrected chi connectivity index (χ1v) is 19.3. The molecule has 0 atom stereocenters. The molecule has 2 heterocycles. The Balaban J connectivity index is 0.985. The van der Waals surface area contributed by atoms with E-state index in [0.717, 1.165) is 20.5 Å². The highest BCUT2D eigenvalue weighted by atomic mass is 32.2. The average molecular weight is 739 g/mol. The van der Waals surface area contributed by atoms with Crippen LogP contribution >= 0.6 is 22.7 Å². The van der Waals surface area contributed by atoms with E-state index in [0.29, 0.717) is 54.0 Å². The van der Waals surface area contributed by atoms with Crippen molar-refractivity contribution in [3.05, 3.63) is 109 Å². The summed E-state index contributed by atoms with van der Waals surface area (Å²) in [6.07, 6.45) is 0. The van der Waals surface area contributed by atoms with Crippen LogP contribution in [0, 0.1) is 0 Å². The van der Waals surface area contributed by atoms with Gasteiger partial charge in [0.2, 0.25) is 0 Å². The van der Waals surface area contributed by atoms with Crippen LogP contribution in [0.5, 0.6) is 0 Å². The third kappa shape index (κ3) is 5.85. The van der Waals surface area contributed by atoms with Gasteiger partial charge in [-0.2, -0.15) is 16.8 Å². The lowest BCUT2D eigenvalue weighted by molar-refractivity contribution is 0.262. The number of fused-ring (bicyclic) bond motifs is 6. The standard InChI is InChI=1S/C35H22N4O7S4/c40-35(36-21-13-9-19(10-14-21)33-38-27-17-29(49(41,42)43)23-5-1-3-7-25(23)31(27)47-33)37-22-15-11-20(12-16-22)34-39-28-18-30(50(44,45)46)24-6-2-4-8-26(24)32(28)48-34/h1-18H,(H2,36,37,40)(H,41,42,43)(H,44,45,46). The molecule has 50 heavy (non-hydrogen) atoms. The second kappa shape index (κ2) is 11.9. The summed E-state index contributed by atoms with van der Waals surface area (Å²) in [6.45, 7) is 0. The molecule has 11 nitrogen and oxygen atoms in total. The fourth-order valence-electron chi connectivity index (χ4n) is 5.80. The molecule has 0 aliphatic rings. The molecule has 248 valence electrons. The van der Waals surface area contributed by atoms with Gasteiger partial charge in [0.15, 0.2) is 0 Å². The number of benzene rings is 6. The Labute approximate surface area is 292 Å². The van der Waals surface area contributed by atoms with E-state index in [-0.39, 0.29) is 9.79 Å². The van der Waals surface area contributed by atoms with Crippen LogP contribution in [-0.4, -0.2) is 41.9 Å². The molecule has 0 spiro atoms. The number of carbonyl (C=O) groups is 1. The molecular weight excluding hydrogens is 717 g/mol. The third-order valence-corrected chi connectivity index (χ3v) is 12.1. The number of aromatic nitrogens is 2. The zero-order valence-electron chi connectivity index (χ0n) is 25.4. The lowest BCUT2D eigenvalue weighted by Gasteiger charge is -2.08. The van der Waals surface area contributed by atoms with Gasteiger partial charge in [-0.25, -0.2) is 14.8 Å². The molecule has 4 N–H and O–H groups in total. The number of carbonyl (C=O) groups excluding carboxylic acids is 1. The highest BCUT2D eigenvalue weighted by Crippen LogP contribution is 2.39. The van der Waals surface area contributed by atoms with Gasteiger partial charge in [0, 0.05) is 44.0 Å². The minimum atomic E-state index is -4.46. The molecule has 8 rings (SSSR count). The summed E-state index contributed by atoms with van der Waals surface area (Å²) in [5.41, 5.74) is 3.51. The minimum absolute atomic E-state index is 0.194. The van der Waals surface area contributed by atoms with Gasteiger partial charge in [0.05, 0.1) is 20.4 Å². The topological polar surface area (TPSA) is 176 Å². The normalized spacial score (nSPS) is 12.2. The van der Waals surface area contributed by atoms with Gasteiger partial charge in [-0.1, -0.05) is 48.5 Å². The Morgan fingerprint density at radius 1 is 0.540 bits per heavy atom. The largest absolute Gasteiger partial charge is 0.323 e. The number of rotatable bonds is 6. The molecule has 8 aromatic rings. The number of amides is 2. The van der Waals surface area contributed by atoms with E-state index >= 15 is 0 Å². The first kappa shape index (κ1) is 31.9. The van der Waals surface area contributed by atoms with Gasteiger partial charge in [0.1, 0.15) is 19.8 Å². The van der Waals surface area contributed by atoms with Gasteiger partial charge in [-0.05, 0) is 60.7 Å². The Morgan fingerprint density at radius 3 is 1.26 bits per heavy atom. The summed E-state index contributed by atoms with van der Waals surface area (Å²) in [6, 6.07) is 30.3. The van der Waals surface area contributed by atoms with Crippen molar-refractivity contribution in [3.63, 3.8) is 0 Å². The summed E-state index contributed by atoms with van der Waals surface area (Å²) in [4.78, 5) is 21.7. The maximum absolute atomic E-state index is 12.8. The number of hydrogen-bond acceptors (Lipinski definition) is 9. The number of nitrogens with zero attached hydrogens (tertiary/aromatic N) is 2. The highest BCUT2D eigenvalue weighted by molar-refractivity contribution is 7.86. The molecule has 6 aromatic carbocycles. The van der Waals surface area contributed by atoms with Crippen molar-refractivity contribution >= 4 is 102 Å². The number of thiazole rings is 2. The molecule has 0 saturated heterocycles. The number of urea groups is 1. The van der Waals surface area contributed by atoms with E-state index in [1.54, 1.807) is 97.1 Å². The number of hydrogen-bond donors (Lipinski definition) is 4. The molecule has 0 unspecified atom stereocenters. The van der Waals surface area contributed by atoms with Gasteiger partial charge >= 0.3 is 6.03 Å². The lowest BCUT2D eigenvalue weighted by Crippen LogP contribution is -2.19. The molecule has 2 aromatic heterocycles. The van der Waals surface area contributed by atoms with Crippen LogP contribution in [0.4, 0.5) is 16.2 Å². The van der Waals surface area contributed by atoms with Crippen molar-refractivity contribution in [2.75, 3.05) is 10.6 Å². The van der Waals surface area contributed by atoms with Crippen molar-refractivity contribution in [2.24, 2.45) is 0 Å². The van der Waals surface area contributed by atoms with Crippen molar-refractivity contribution < 1.29 is 30.7 Å². The SMILES string of the molecule is O=C(Nc1ccc(-c2nc3cc(S(=O)(=O)O)c4ccccc4c3s2)cc1)Nc1ccc(-c2nc3cc(S(=O)(=O)O)c4ccccc4c3s2)cc1. The average Bonchev–Trinajstić information content (AvgIpc) is 3.73. The molecule has 0 aliphatic heterocycles. The summed E-state index contributed by atoms with van der Waals surface area (Å²) in [5.74, 6) is 0. The van der Waals surface area contributed by atoms with E-state index < -0.39 is 26.3 Å². The maximum atomic E-state index is 12.8. The summed E-state index contributed by atoms with van der Waals surface area (Å²) in [5, 5.41) is 9.08. The lowest BCUT2D eigenvalue weighted by atomic mass is 10.1. The van der Waals surface area contributed by atoms with Gasteiger partial charge in [-0.15, -0.1) is 22.7 Å². The summed E-state index contributed by atoms with van der Waals surface area (Å²) >= 11 is 2.80. The zero-order valence-corrected chi connectivity index (χ0v) is 28.6. The van der Waals surface area contributed by atoms with Crippen LogP contribution in [0.3, 0.4) is 0 Å².